The fourth-order valence-corrected chi connectivity index (χ4v) is 4.67. The van der Waals surface area contributed by atoms with Crippen LogP contribution in [0.4, 0.5) is 5.69 Å². The third kappa shape index (κ3) is 5.06. The molecule has 0 bridgehead atoms. The Bertz CT molecular complexity index is 738. The maximum absolute atomic E-state index is 13.4. The smallest absolute Gasteiger partial charge is 0.242 e. The van der Waals surface area contributed by atoms with Crippen molar-refractivity contribution in [1.29, 1.82) is 0 Å². The minimum absolute atomic E-state index is 0.00975. The molecule has 7 heteroatoms. The lowest BCUT2D eigenvalue weighted by molar-refractivity contribution is -0.137. The number of piperazine rings is 1. The van der Waals surface area contributed by atoms with Gasteiger partial charge in [0.05, 0.1) is 20.3 Å². The van der Waals surface area contributed by atoms with Gasteiger partial charge >= 0.3 is 0 Å². The quantitative estimate of drug-likeness (QED) is 0.739. The summed E-state index contributed by atoms with van der Waals surface area (Å²) in [6.45, 7) is 6.71. The number of anilines is 1. The topological polar surface area (TPSA) is 71.1 Å². The van der Waals surface area contributed by atoms with Gasteiger partial charge in [-0.2, -0.15) is 0 Å². The van der Waals surface area contributed by atoms with Crippen molar-refractivity contribution in [2.24, 2.45) is 11.8 Å². The van der Waals surface area contributed by atoms with Crippen LogP contribution in [0.25, 0.3) is 0 Å². The largest absolute Gasteiger partial charge is 0.493 e. The van der Waals surface area contributed by atoms with Crippen molar-refractivity contribution < 1.29 is 19.1 Å². The molecule has 1 aromatic carbocycles. The average Bonchev–Trinajstić information content (AvgIpc) is 3.28. The standard InChI is InChI=1S/C23H35N3O4/c1-16(2)23(28)26-13-11-25(12-14-26)21(17-7-5-6-8-17)22(27)24-18-9-10-19(29-3)20(15-18)30-4/h9-10,15-17,21H,5-8,11-14H2,1-4H3,(H,24,27)/t21-/m1/s1. The van der Waals surface area contributed by atoms with Crippen molar-refractivity contribution in [3.8, 4) is 11.5 Å². The van der Waals surface area contributed by atoms with Gasteiger partial charge in [0.15, 0.2) is 11.5 Å². The molecule has 1 atom stereocenters. The van der Waals surface area contributed by atoms with Crippen LogP contribution in [0.1, 0.15) is 39.5 Å². The predicted octanol–water partition coefficient (Wildman–Crippen LogP) is 3.00. The summed E-state index contributed by atoms with van der Waals surface area (Å²) in [6, 6.07) is 5.26. The molecule has 1 heterocycles. The summed E-state index contributed by atoms with van der Waals surface area (Å²) in [6.07, 6.45) is 4.51. The molecule has 0 unspecified atom stereocenters. The van der Waals surface area contributed by atoms with Crippen LogP contribution >= 0.6 is 0 Å². The Kier molecular flexibility index (Phi) is 7.58. The second kappa shape index (κ2) is 10.2. The van der Waals surface area contributed by atoms with Gasteiger partial charge in [0.2, 0.25) is 11.8 Å². The fourth-order valence-electron chi connectivity index (χ4n) is 4.67. The molecule has 2 aliphatic rings. The highest BCUT2D eigenvalue weighted by Crippen LogP contribution is 2.33. The zero-order valence-electron chi connectivity index (χ0n) is 18.6. The van der Waals surface area contributed by atoms with Crippen LogP contribution in [0, 0.1) is 11.8 Å². The summed E-state index contributed by atoms with van der Waals surface area (Å²) in [5, 5.41) is 3.10. The fraction of sp³-hybridized carbons (Fsp3) is 0.652. The first kappa shape index (κ1) is 22.4. The molecule has 3 rings (SSSR count). The summed E-state index contributed by atoms with van der Waals surface area (Å²) >= 11 is 0. The van der Waals surface area contributed by atoms with Crippen LogP contribution in [0.5, 0.6) is 11.5 Å². The third-order valence-corrected chi connectivity index (χ3v) is 6.28. The number of hydrogen-bond acceptors (Lipinski definition) is 5. The molecule has 2 fully saturated rings. The number of rotatable bonds is 7. The van der Waals surface area contributed by atoms with Gasteiger partial charge in [-0.25, -0.2) is 0 Å². The molecule has 1 saturated carbocycles. The number of nitrogens with zero attached hydrogens (tertiary/aromatic N) is 2. The van der Waals surface area contributed by atoms with Gasteiger partial charge < -0.3 is 19.7 Å². The van der Waals surface area contributed by atoms with Crippen molar-refractivity contribution in [2.75, 3.05) is 45.7 Å². The van der Waals surface area contributed by atoms with Crippen molar-refractivity contribution in [1.82, 2.24) is 9.80 Å². The summed E-state index contributed by atoms with van der Waals surface area (Å²) in [7, 11) is 3.18. The molecular formula is C23H35N3O4. The molecule has 1 aliphatic heterocycles. The lowest BCUT2D eigenvalue weighted by Crippen LogP contribution is -2.57. The van der Waals surface area contributed by atoms with E-state index in [1.165, 1.54) is 12.8 Å². The van der Waals surface area contributed by atoms with Crippen molar-refractivity contribution >= 4 is 17.5 Å². The monoisotopic (exact) mass is 417 g/mol. The van der Waals surface area contributed by atoms with Crippen LogP contribution in [0.3, 0.4) is 0 Å². The second-order valence-electron chi connectivity index (χ2n) is 8.56. The first-order valence-electron chi connectivity index (χ1n) is 11.0. The molecular weight excluding hydrogens is 382 g/mol. The Morgan fingerprint density at radius 3 is 2.20 bits per heavy atom. The van der Waals surface area contributed by atoms with E-state index in [0.717, 1.165) is 25.9 Å². The van der Waals surface area contributed by atoms with E-state index in [-0.39, 0.29) is 23.8 Å². The molecule has 1 N–H and O–H groups in total. The molecule has 7 nitrogen and oxygen atoms in total. The van der Waals surface area contributed by atoms with Crippen LogP contribution in [-0.2, 0) is 9.59 Å². The van der Waals surface area contributed by atoms with Gasteiger partial charge in [-0.3, -0.25) is 14.5 Å². The van der Waals surface area contributed by atoms with E-state index in [1.807, 2.05) is 24.8 Å². The van der Waals surface area contributed by atoms with E-state index in [0.29, 0.717) is 36.2 Å². The summed E-state index contributed by atoms with van der Waals surface area (Å²) < 4.78 is 10.7. The van der Waals surface area contributed by atoms with Crippen LogP contribution in [0.15, 0.2) is 18.2 Å². The Labute approximate surface area is 179 Å². The van der Waals surface area contributed by atoms with E-state index in [9.17, 15) is 9.59 Å². The molecule has 0 spiro atoms. The number of methoxy groups -OCH3 is 2. The first-order chi connectivity index (χ1) is 14.4. The maximum Gasteiger partial charge on any atom is 0.242 e. The highest BCUT2D eigenvalue weighted by Gasteiger charge is 2.37. The number of carbonyl (C=O) groups is 2. The lowest BCUT2D eigenvalue weighted by atomic mass is 9.94. The highest BCUT2D eigenvalue weighted by molar-refractivity contribution is 5.95. The Morgan fingerprint density at radius 2 is 1.63 bits per heavy atom. The molecule has 1 saturated heterocycles. The van der Waals surface area contributed by atoms with Gasteiger partial charge in [0.1, 0.15) is 0 Å². The molecule has 0 aromatic heterocycles. The summed E-state index contributed by atoms with van der Waals surface area (Å²) in [5.74, 6) is 1.81. The Balaban J connectivity index is 1.71. The van der Waals surface area contributed by atoms with Gasteiger partial charge in [-0.1, -0.05) is 26.7 Å². The molecule has 0 radical (unpaired) electrons. The normalized spacial score (nSPS) is 19.0. The van der Waals surface area contributed by atoms with Crippen molar-refractivity contribution in [3.05, 3.63) is 18.2 Å². The van der Waals surface area contributed by atoms with Gasteiger partial charge in [-0.15, -0.1) is 0 Å². The van der Waals surface area contributed by atoms with E-state index < -0.39 is 0 Å². The van der Waals surface area contributed by atoms with Gasteiger partial charge in [0.25, 0.3) is 0 Å². The summed E-state index contributed by atoms with van der Waals surface area (Å²) in [4.78, 5) is 29.9. The third-order valence-electron chi connectivity index (χ3n) is 6.28. The maximum atomic E-state index is 13.4. The molecule has 166 valence electrons. The number of hydrogen-bond donors (Lipinski definition) is 1. The van der Waals surface area contributed by atoms with Gasteiger partial charge in [-0.05, 0) is 30.9 Å². The number of amides is 2. The Hall–Kier alpha value is -2.28. The predicted molar refractivity (Wildman–Crippen MR) is 117 cm³/mol. The van der Waals surface area contributed by atoms with Crippen LogP contribution in [0.2, 0.25) is 0 Å². The van der Waals surface area contributed by atoms with E-state index >= 15 is 0 Å². The number of carbonyl (C=O) groups excluding carboxylic acids is 2. The van der Waals surface area contributed by atoms with Crippen LogP contribution in [-0.4, -0.2) is 68.1 Å². The van der Waals surface area contributed by atoms with Crippen molar-refractivity contribution in [2.45, 2.75) is 45.6 Å². The van der Waals surface area contributed by atoms with Crippen molar-refractivity contribution in [3.63, 3.8) is 0 Å². The lowest BCUT2D eigenvalue weighted by Gasteiger charge is -2.41. The SMILES string of the molecule is COc1ccc(NC(=O)[C@@H](C2CCCC2)N2CCN(C(=O)C(C)C)CC2)cc1OC. The molecule has 30 heavy (non-hydrogen) atoms. The van der Waals surface area contributed by atoms with Crippen LogP contribution < -0.4 is 14.8 Å². The number of benzene rings is 1. The molecule has 1 aliphatic carbocycles. The molecule has 2 amide bonds. The molecule has 1 aromatic rings. The minimum atomic E-state index is -0.170. The second-order valence-corrected chi connectivity index (χ2v) is 8.56. The Morgan fingerprint density at radius 1 is 1.00 bits per heavy atom. The zero-order valence-corrected chi connectivity index (χ0v) is 18.6. The van der Waals surface area contributed by atoms with Gasteiger partial charge in [0, 0.05) is 43.9 Å². The number of ether oxygens (including phenoxy) is 2. The number of nitrogens with one attached hydrogen (secondary N) is 1. The first-order valence-corrected chi connectivity index (χ1v) is 11.0. The zero-order chi connectivity index (χ0) is 21.7. The minimum Gasteiger partial charge on any atom is -0.493 e. The van der Waals surface area contributed by atoms with E-state index in [2.05, 4.69) is 10.2 Å². The highest BCUT2D eigenvalue weighted by atomic mass is 16.5. The van der Waals surface area contributed by atoms with E-state index in [4.69, 9.17) is 9.47 Å². The average molecular weight is 418 g/mol. The summed E-state index contributed by atoms with van der Waals surface area (Å²) in [5.41, 5.74) is 0.703. The van der Waals surface area contributed by atoms with E-state index in [1.54, 1.807) is 26.4 Å².